The fourth-order valence-corrected chi connectivity index (χ4v) is 4.59. The first-order valence-electron chi connectivity index (χ1n) is 9.38. The normalized spacial score (nSPS) is 19.2. The number of hydrogen-bond donors (Lipinski definition) is 0. The van der Waals surface area contributed by atoms with Crippen LogP contribution in [0, 0.1) is 0 Å². The Labute approximate surface area is 171 Å². The molecule has 1 unspecified atom stereocenters. The zero-order chi connectivity index (χ0) is 21.1. The standard InChI is InChI=1S/C21H26N2O5S/c1-27-18-8-7-16(14-19(18)28-2)21(10-13-29(3,25)26)9-12-23(15-21)20(24)17-6-4-5-11-22-17/h4-8,11,14H,9-10,12-13,15H2,1-3H3. The van der Waals surface area contributed by atoms with Crippen LogP contribution < -0.4 is 9.47 Å². The van der Waals surface area contributed by atoms with Crippen molar-refractivity contribution < 1.29 is 22.7 Å². The summed E-state index contributed by atoms with van der Waals surface area (Å²) in [6, 6.07) is 10.9. The largest absolute Gasteiger partial charge is 0.493 e. The first kappa shape index (κ1) is 21.1. The Morgan fingerprint density at radius 3 is 2.55 bits per heavy atom. The number of methoxy groups -OCH3 is 2. The summed E-state index contributed by atoms with van der Waals surface area (Å²) in [5.74, 6) is 1.09. The van der Waals surface area contributed by atoms with E-state index in [4.69, 9.17) is 9.47 Å². The summed E-state index contributed by atoms with van der Waals surface area (Å²) in [5, 5.41) is 0. The number of rotatable bonds is 7. The molecule has 29 heavy (non-hydrogen) atoms. The molecule has 2 aromatic rings. The van der Waals surface area contributed by atoms with Gasteiger partial charge in [0.1, 0.15) is 15.5 Å². The maximum atomic E-state index is 12.9. The number of pyridine rings is 1. The average Bonchev–Trinajstić information content (AvgIpc) is 3.17. The van der Waals surface area contributed by atoms with Gasteiger partial charge in [-0.05, 0) is 42.7 Å². The highest BCUT2D eigenvalue weighted by molar-refractivity contribution is 7.90. The van der Waals surface area contributed by atoms with Crippen LogP contribution in [0.2, 0.25) is 0 Å². The number of aromatic nitrogens is 1. The van der Waals surface area contributed by atoms with Gasteiger partial charge in [-0.15, -0.1) is 0 Å². The molecule has 0 saturated carbocycles. The van der Waals surface area contributed by atoms with Gasteiger partial charge in [-0.1, -0.05) is 12.1 Å². The quantitative estimate of drug-likeness (QED) is 0.686. The van der Waals surface area contributed by atoms with E-state index >= 15 is 0 Å². The number of amides is 1. The van der Waals surface area contributed by atoms with Crippen LogP contribution in [0.5, 0.6) is 11.5 Å². The Bertz CT molecular complexity index is 978. The third kappa shape index (κ3) is 4.70. The minimum Gasteiger partial charge on any atom is -0.493 e. The van der Waals surface area contributed by atoms with Crippen LogP contribution in [-0.2, 0) is 15.3 Å². The van der Waals surface area contributed by atoms with Crippen LogP contribution >= 0.6 is 0 Å². The first-order chi connectivity index (χ1) is 13.8. The summed E-state index contributed by atoms with van der Waals surface area (Å²) in [6.07, 6.45) is 3.92. The van der Waals surface area contributed by atoms with Crippen LogP contribution in [0.1, 0.15) is 28.9 Å². The van der Waals surface area contributed by atoms with E-state index in [1.54, 1.807) is 43.5 Å². The Balaban J connectivity index is 1.94. The summed E-state index contributed by atoms with van der Waals surface area (Å²) in [6.45, 7) is 0.959. The van der Waals surface area contributed by atoms with Crippen LogP contribution in [0.3, 0.4) is 0 Å². The molecule has 7 nitrogen and oxygen atoms in total. The monoisotopic (exact) mass is 418 g/mol. The van der Waals surface area contributed by atoms with Crippen LogP contribution in [-0.4, -0.2) is 63.5 Å². The molecule has 0 N–H and O–H groups in total. The second-order valence-electron chi connectivity index (χ2n) is 7.42. The molecule has 156 valence electrons. The number of hydrogen-bond acceptors (Lipinski definition) is 6. The molecule has 1 aliphatic rings. The van der Waals surface area contributed by atoms with Gasteiger partial charge in [-0.3, -0.25) is 9.78 Å². The summed E-state index contributed by atoms with van der Waals surface area (Å²) >= 11 is 0. The number of sulfone groups is 1. The molecular weight excluding hydrogens is 392 g/mol. The second-order valence-corrected chi connectivity index (χ2v) is 9.68. The van der Waals surface area contributed by atoms with Crippen LogP contribution in [0.4, 0.5) is 0 Å². The van der Waals surface area contributed by atoms with Gasteiger partial charge >= 0.3 is 0 Å². The molecular formula is C21H26N2O5S. The highest BCUT2D eigenvalue weighted by Gasteiger charge is 2.42. The van der Waals surface area contributed by atoms with E-state index in [9.17, 15) is 13.2 Å². The summed E-state index contributed by atoms with van der Waals surface area (Å²) in [7, 11) is -0.0128. The van der Waals surface area contributed by atoms with Crippen LogP contribution in [0.15, 0.2) is 42.6 Å². The van der Waals surface area contributed by atoms with Gasteiger partial charge in [0, 0.05) is 31.0 Å². The maximum absolute atomic E-state index is 12.9. The molecule has 1 aromatic heterocycles. The fraction of sp³-hybridized carbons (Fsp3) is 0.429. The highest BCUT2D eigenvalue weighted by Crippen LogP contribution is 2.41. The van der Waals surface area contributed by atoms with Gasteiger partial charge in [0.25, 0.3) is 5.91 Å². The van der Waals surface area contributed by atoms with Gasteiger partial charge in [0.05, 0.1) is 20.0 Å². The molecule has 1 aliphatic heterocycles. The highest BCUT2D eigenvalue weighted by atomic mass is 32.2. The molecule has 1 saturated heterocycles. The number of carbonyl (C=O) groups excluding carboxylic acids is 1. The molecule has 1 fully saturated rings. The van der Waals surface area contributed by atoms with E-state index < -0.39 is 15.3 Å². The molecule has 0 bridgehead atoms. The van der Waals surface area contributed by atoms with E-state index in [0.29, 0.717) is 43.1 Å². The van der Waals surface area contributed by atoms with E-state index in [1.807, 2.05) is 18.2 Å². The van der Waals surface area contributed by atoms with Gasteiger partial charge in [-0.25, -0.2) is 8.42 Å². The lowest BCUT2D eigenvalue weighted by Crippen LogP contribution is -2.36. The van der Waals surface area contributed by atoms with Gasteiger partial charge < -0.3 is 14.4 Å². The van der Waals surface area contributed by atoms with Gasteiger partial charge in [0.15, 0.2) is 11.5 Å². The predicted octanol–water partition coefficient (Wildman–Crippen LogP) is 2.32. The molecule has 0 spiro atoms. The minimum atomic E-state index is -3.15. The van der Waals surface area contributed by atoms with E-state index in [0.717, 1.165) is 5.56 Å². The molecule has 1 aromatic carbocycles. The van der Waals surface area contributed by atoms with Crippen molar-refractivity contribution in [1.29, 1.82) is 0 Å². The molecule has 0 aliphatic carbocycles. The lowest BCUT2D eigenvalue weighted by atomic mass is 9.77. The zero-order valence-electron chi connectivity index (χ0n) is 16.9. The van der Waals surface area contributed by atoms with Crippen molar-refractivity contribution in [3.63, 3.8) is 0 Å². The van der Waals surface area contributed by atoms with Crippen molar-refractivity contribution in [2.45, 2.75) is 18.3 Å². The first-order valence-corrected chi connectivity index (χ1v) is 11.4. The number of ether oxygens (including phenoxy) is 2. The Morgan fingerprint density at radius 2 is 1.93 bits per heavy atom. The Kier molecular flexibility index (Phi) is 6.12. The van der Waals surface area contributed by atoms with E-state index in [2.05, 4.69) is 4.98 Å². The molecule has 1 amide bonds. The molecule has 3 rings (SSSR count). The van der Waals surface area contributed by atoms with Crippen molar-refractivity contribution in [2.24, 2.45) is 0 Å². The number of carbonyl (C=O) groups is 1. The topological polar surface area (TPSA) is 85.8 Å². The summed E-state index contributed by atoms with van der Waals surface area (Å²) in [4.78, 5) is 18.8. The summed E-state index contributed by atoms with van der Waals surface area (Å²) < 4.78 is 34.5. The summed E-state index contributed by atoms with van der Waals surface area (Å²) in [5.41, 5.74) is 0.849. The number of benzene rings is 1. The lowest BCUT2D eigenvalue weighted by Gasteiger charge is -2.30. The zero-order valence-corrected chi connectivity index (χ0v) is 17.7. The third-order valence-corrected chi connectivity index (χ3v) is 6.42. The lowest BCUT2D eigenvalue weighted by molar-refractivity contribution is 0.0777. The fourth-order valence-electron chi connectivity index (χ4n) is 3.83. The number of nitrogens with zero attached hydrogens (tertiary/aromatic N) is 2. The average molecular weight is 419 g/mol. The number of likely N-dealkylation sites (tertiary alicyclic amines) is 1. The van der Waals surface area contributed by atoms with Crippen molar-refractivity contribution >= 4 is 15.7 Å². The van der Waals surface area contributed by atoms with Crippen molar-refractivity contribution in [3.8, 4) is 11.5 Å². The van der Waals surface area contributed by atoms with Crippen LogP contribution in [0.25, 0.3) is 0 Å². The van der Waals surface area contributed by atoms with Gasteiger partial charge in [-0.2, -0.15) is 0 Å². The molecule has 8 heteroatoms. The minimum absolute atomic E-state index is 0.0486. The van der Waals surface area contributed by atoms with Crippen molar-refractivity contribution in [3.05, 3.63) is 53.9 Å². The SMILES string of the molecule is COc1ccc(C2(CCS(C)(=O)=O)CCN(C(=O)c3ccccn3)C2)cc1OC. The smallest absolute Gasteiger partial charge is 0.272 e. The molecule has 2 heterocycles. The van der Waals surface area contributed by atoms with Gasteiger partial charge in [0.2, 0.25) is 0 Å². The maximum Gasteiger partial charge on any atom is 0.272 e. The Morgan fingerprint density at radius 1 is 1.17 bits per heavy atom. The van der Waals surface area contributed by atoms with E-state index in [-0.39, 0.29) is 11.7 Å². The Hall–Kier alpha value is -2.61. The molecule has 1 atom stereocenters. The van der Waals surface area contributed by atoms with Crippen molar-refractivity contribution in [2.75, 3.05) is 39.3 Å². The second kappa shape index (κ2) is 8.41. The predicted molar refractivity (Wildman–Crippen MR) is 110 cm³/mol. The third-order valence-electron chi connectivity index (χ3n) is 5.47. The van der Waals surface area contributed by atoms with E-state index in [1.165, 1.54) is 6.26 Å². The van der Waals surface area contributed by atoms with Crippen molar-refractivity contribution in [1.82, 2.24) is 9.88 Å². The molecule has 0 radical (unpaired) electrons.